The van der Waals surface area contributed by atoms with E-state index in [1.165, 1.54) is 12.8 Å². The fourth-order valence-corrected chi connectivity index (χ4v) is 3.89. The van der Waals surface area contributed by atoms with E-state index in [-0.39, 0.29) is 17.9 Å². The van der Waals surface area contributed by atoms with Gasteiger partial charge in [0, 0.05) is 18.2 Å². The maximum absolute atomic E-state index is 12.9. The Morgan fingerprint density at radius 2 is 2.15 bits per heavy atom. The maximum Gasteiger partial charge on any atom is 0.256 e. The number of rotatable bonds is 7. The average Bonchev–Trinajstić information content (AvgIpc) is 3.32. The van der Waals surface area contributed by atoms with Gasteiger partial charge in [-0.05, 0) is 39.4 Å². The standard InChI is InChI=1S/C20H30N4O3/c1-5-23(3)13(2)18(25)21-11-14-10-16-17(22-19(14)27-4)12-24(20(16)26)15-8-6-7-9-15/h10,13,15H,5-9,11-12H2,1-4H3,(H,21,25)/t13-/m1/s1. The number of nitrogens with one attached hydrogen (secondary N) is 1. The van der Waals surface area contributed by atoms with Crippen LogP contribution in [0.25, 0.3) is 0 Å². The zero-order valence-corrected chi connectivity index (χ0v) is 16.7. The molecule has 1 fully saturated rings. The molecular formula is C20H30N4O3. The number of likely N-dealkylation sites (N-methyl/N-ethyl adjacent to an activating group) is 1. The van der Waals surface area contributed by atoms with Gasteiger partial charge >= 0.3 is 0 Å². The highest BCUT2D eigenvalue weighted by Gasteiger charge is 2.36. The molecule has 1 aromatic rings. The van der Waals surface area contributed by atoms with E-state index >= 15 is 0 Å². The van der Waals surface area contributed by atoms with Crippen LogP contribution in [0, 0.1) is 0 Å². The highest BCUT2D eigenvalue weighted by Crippen LogP contribution is 2.33. The van der Waals surface area contributed by atoms with Crippen LogP contribution in [0.4, 0.5) is 0 Å². The van der Waals surface area contributed by atoms with Crippen LogP contribution in [0.5, 0.6) is 5.88 Å². The summed E-state index contributed by atoms with van der Waals surface area (Å²) in [5, 5.41) is 2.94. The first-order chi connectivity index (χ1) is 13.0. The second-order valence-corrected chi connectivity index (χ2v) is 7.49. The van der Waals surface area contributed by atoms with E-state index in [1.54, 1.807) is 7.11 Å². The zero-order chi connectivity index (χ0) is 19.6. The van der Waals surface area contributed by atoms with Crippen molar-refractivity contribution in [2.45, 2.75) is 64.7 Å². The first-order valence-electron chi connectivity index (χ1n) is 9.82. The van der Waals surface area contributed by atoms with Crippen LogP contribution >= 0.6 is 0 Å². The lowest BCUT2D eigenvalue weighted by Gasteiger charge is -2.22. The monoisotopic (exact) mass is 374 g/mol. The van der Waals surface area contributed by atoms with Crippen molar-refractivity contribution in [3.63, 3.8) is 0 Å². The molecule has 2 amide bonds. The predicted molar refractivity (Wildman–Crippen MR) is 103 cm³/mol. The van der Waals surface area contributed by atoms with Gasteiger partial charge in [-0.15, -0.1) is 0 Å². The molecule has 148 valence electrons. The number of fused-ring (bicyclic) bond motifs is 1. The molecule has 1 N–H and O–H groups in total. The van der Waals surface area contributed by atoms with Gasteiger partial charge < -0.3 is 15.0 Å². The minimum Gasteiger partial charge on any atom is -0.481 e. The Hall–Kier alpha value is -2.15. The van der Waals surface area contributed by atoms with Crippen molar-refractivity contribution in [2.24, 2.45) is 0 Å². The third kappa shape index (κ3) is 3.93. The lowest BCUT2D eigenvalue weighted by molar-refractivity contribution is -0.125. The Kier molecular flexibility index (Phi) is 5.99. The van der Waals surface area contributed by atoms with E-state index in [9.17, 15) is 9.59 Å². The molecule has 0 aromatic carbocycles. The average molecular weight is 374 g/mol. The number of carbonyl (C=O) groups excluding carboxylic acids is 2. The molecule has 1 aliphatic heterocycles. The molecule has 0 saturated heterocycles. The normalized spacial score (nSPS) is 18.1. The number of amides is 2. The molecule has 0 radical (unpaired) electrons. The van der Waals surface area contributed by atoms with Gasteiger partial charge in [-0.2, -0.15) is 0 Å². The quantitative estimate of drug-likeness (QED) is 0.790. The van der Waals surface area contributed by atoms with Gasteiger partial charge in [0.2, 0.25) is 11.8 Å². The Morgan fingerprint density at radius 3 is 2.78 bits per heavy atom. The minimum atomic E-state index is -0.220. The van der Waals surface area contributed by atoms with E-state index in [1.807, 2.05) is 36.8 Å². The largest absolute Gasteiger partial charge is 0.481 e. The molecule has 2 heterocycles. The van der Waals surface area contributed by atoms with Crippen LogP contribution in [0.2, 0.25) is 0 Å². The summed E-state index contributed by atoms with van der Waals surface area (Å²) < 4.78 is 5.43. The molecule has 1 saturated carbocycles. The van der Waals surface area contributed by atoms with Crippen molar-refractivity contribution in [3.8, 4) is 5.88 Å². The number of nitrogens with zero attached hydrogens (tertiary/aromatic N) is 3. The Labute approximate surface area is 161 Å². The first kappa shape index (κ1) is 19.6. The van der Waals surface area contributed by atoms with Crippen molar-refractivity contribution in [3.05, 3.63) is 22.9 Å². The van der Waals surface area contributed by atoms with Gasteiger partial charge in [-0.3, -0.25) is 14.5 Å². The Balaban J connectivity index is 1.74. The molecular weight excluding hydrogens is 344 g/mol. The topological polar surface area (TPSA) is 74.8 Å². The summed E-state index contributed by atoms with van der Waals surface area (Å²) in [6.07, 6.45) is 4.51. The van der Waals surface area contributed by atoms with Crippen LogP contribution < -0.4 is 10.1 Å². The molecule has 1 aromatic heterocycles. The van der Waals surface area contributed by atoms with Crippen LogP contribution in [-0.4, -0.2) is 59.4 Å². The summed E-state index contributed by atoms with van der Waals surface area (Å²) in [4.78, 5) is 33.7. The lowest BCUT2D eigenvalue weighted by atomic mass is 10.1. The molecule has 3 rings (SSSR count). The third-order valence-electron chi connectivity index (χ3n) is 5.90. The van der Waals surface area contributed by atoms with Crippen molar-refractivity contribution < 1.29 is 14.3 Å². The van der Waals surface area contributed by atoms with Gasteiger partial charge in [0.15, 0.2) is 0 Å². The number of hydrogen-bond acceptors (Lipinski definition) is 5. The lowest BCUT2D eigenvalue weighted by Crippen LogP contribution is -2.42. The Bertz CT molecular complexity index is 715. The van der Waals surface area contributed by atoms with Crippen LogP contribution in [-0.2, 0) is 17.9 Å². The molecule has 1 aliphatic carbocycles. The zero-order valence-electron chi connectivity index (χ0n) is 16.7. The fourth-order valence-electron chi connectivity index (χ4n) is 3.89. The van der Waals surface area contributed by atoms with Gasteiger partial charge in [-0.25, -0.2) is 4.98 Å². The summed E-state index contributed by atoms with van der Waals surface area (Å²) in [5.41, 5.74) is 2.15. The van der Waals surface area contributed by atoms with Gasteiger partial charge in [0.25, 0.3) is 5.91 Å². The maximum atomic E-state index is 12.9. The molecule has 2 aliphatic rings. The van der Waals surface area contributed by atoms with Crippen LogP contribution in [0.15, 0.2) is 6.07 Å². The van der Waals surface area contributed by atoms with Crippen molar-refractivity contribution in [2.75, 3.05) is 20.7 Å². The number of aromatic nitrogens is 1. The van der Waals surface area contributed by atoms with Crippen LogP contribution in [0.1, 0.15) is 61.1 Å². The van der Waals surface area contributed by atoms with Crippen molar-refractivity contribution in [1.29, 1.82) is 0 Å². The number of carbonyl (C=O) groups is 2. The van der Waals surface area contributed by atoms with Gasteiger partial charge in [-0.1, -0.05) is 19.8 Å². The number of methoxy groups -OCH3 is 1. The van der Waals surface area contributed by atoms with Gasteiger partial charge in [0.05, 0.1) is 31.0 Å². The summed E-state index contributed by atoms with van der Waals surface area (Å²) in [6, 6.07) is 1.95. The molecule has 0 unspecified atom stereocenters. The summed E-state index contributed by atoms with van der Waals surface area (Å²) >= 11 is 0. The molecule has 0 spiro atoms. The molecule has 1 atom stereocenters. The molecule has 27 heavy (non-hydrogen) atoms. The SMILES string of the molecule is CCN(C)[C@H](C)C(=O)NCc1cc2c(nc1OC)CN(C1CCCC1)C2=O. The van der Waals surface area contributed by atoms with Crippen molar-refractivity contribution in [1.82, 2.24) is 20.1 Å². The second kappa shape index (κ2) is 8.25. The fraction of sp³-hybridized carbons (Fsp3) is 0.650. The predicted octanol–water partition coefficient (Wildman–Crippen LogP) is 1.94. The summed E-state index contributed by atoms with van der Waals surface area (Å²) in [7, 11) is 3.48. The molecule has 7 heteroatoms. The van der Waals surface area contributed by atoms with E-state index in [4.69, 9.17) is 4.74 Å². The number of hydrogen-bond donors (Lipinski definition) is 1. The summed E-state index contributed by atoms with van der Waals surface area (Å²) in [5.74, 6) is 0.478. The number of pyridine rings is 1. The van der Waals surface area contributed by atoms with E-state index in [2.05, 4.69) is 10.3 Å². The van der Waals surface area contributed by atoms with Crippen LogP contribution in [0.3, 0.4) is 0 Å². The van der Waals surface area contributed by atoms with E-state index in [0.29, 0.717) is 30.6 Å². The summed E-state index contributed by atoms with van der Waals surface area (Å²) in [6.45, 7) is 5.53. The number of ether oxygens (including phenoxy) is 1. The van der Waals surface area contributed by atoms with Crippen molar-refractivity contribution >= 4 is 11.8 Å². The molecule has 0 bridgehead atoms. The second-order valence-electron chi connectivity index (χ2n) is 7.49. The van der Waals surface area contributed by atoms with E-state index in [0.717, 1.165) is 30.6 Å². The van der Waals surface area contributed by atoms with Gasteiger partial charge in [0.1, 0.15) is 0 Å². The third-order valence-corrected chi connectivity index (χ3v) is 5.90. The molecule has 7 nitrogen and oxygen atoms in total. The Morgan fingerprint density at radius 1 is 1.44 bits per heavy atom. The first-order valence-corrected chi connectivity index (χ1v) is 9.82. The minimum absolute atomic E-state index is 0.0544. The highest BCUT2D eigenvalue weighted by atomic mass is 16.5. The smallest absolute Gasteiger partial charge is 0.256 e. The highest BCUT2D eigenvalue weighted by molar-refractivity contribution is 5.98. The van der Waals surface area contributed by atoms with E-state index < -0.39 is 0 Å².